The maximum atomic E-state index is 11.2. The fourth-order valence-corrected chi connectivity index (χ4v) is 1.11. The quantitative estimate of drug-likeness (QED) is 0.395. The Bertz CT molecular complexity index is 289. The smallest absolute Gasteiger partial charge is 0.333 e. The van der Waals surface area contributed by atoms with Crippen molar-refractivity contribution >= 4 is 11.9 Å². The molecule has 0 aliphatic heterocycles. The summed E-state index contributed by atoms with van der Waals surface area (Å²) in [5, 5.41) is 0. The molecule has 0 atom stereocenters. The molecule has 0 bridgehead atoms. The highest BCUT2D eigenvalue weighted by Gasteiger charge is 2.06. The van der Waals surface area contributed by atoms with Crippen molar-refractivity contribution < 1.29 is 19.1 Å². The lowest BCUT2D eigenvalue weighted by molar-refractivity contribution is -0.139. The second-order valence-corrected chi connectivity index (χ2v) is 3.10. The van der Waals surface area contributed by atoms with E-state index in [0.717, 1.165) is 0 Å². The van der Waals surface area contributed by atoms with Crippen molar-refractivity contribution in [3.8, 4) is 0 Å². The van der Waals surface area contributed by atoms with Gasteiger partial charge in [-0.05, 0) is 19.8 Å². The first kappa shape index (κ1) is 14.4. The summed E-state index contributed by atoms with van der Waals surface area (Å²) in [6, 6.07) is 0. The molecule has 0 aromatic carbocycles. The Morgan fingerprint density at radius 2 is 1.81 bits per heavy atom. The van der Waals surface area contributed by atoms with E-state index in [1.54, 1.807) is 19.1 Å². The molecule has 0 heterocycles. The van der Waals surface area contributed by atoms with Crippen LogP contribution in [0.4, 0.5) is 0 Å². The molecule has 0 fully saturated rings. The second kappa shape index (κ2) is 8.71. The Labute approximate surface area is 95.9 Å². The summed E-state index contributed by atoms with van der Waals surface area (Å²) in [7, 11) is 2.71. The SMILES string of the molecule is C/C=C(\CC/C=C/CC(=O)OC)C(=O)OC. The Morgan fingerprint density at radius 1 is 1.12 bits per heavy atom. The van der Waals surface area contributed by atoms with Gasteiger partial charge in [-0.1, -0.05) is 18.2 Å². The monoisotopic (exact) mass is 226 g/mol. The highest BCUT2D eigenvalue weighted by atomic mass is 16.5. The van der Waals surface area contributed by atoms with Gasteiger partial charge in [-0.3, -0.25) is 4.79 Å². The van der Waals surface area contributed by atoms with E-state index in [1.165, 1.54) is 14.2 Å². The van der Waals surface area contributed by atoms with Gasteiger partial charge in [0, 0.05) is 5.57 Å². The first-order valence-corrected chi connectivity index (χ1v) is 5.11. The van der Waals surface area contributed by atoms with Crippen LogP contribution in [-0.4, -0.2) is 26.2 Å². The van der Waals surface area contributed by atoms with Crippen LogP contribution in [0.5, 0.6) is 0 Å². The summed E-state index contributed by atoms with van der Waals surface area (Å²) in [6.07, 6.45) is 6.90. The molecule has 0 rings (SSSR count). The molecule has 16 heavy (non-hydrogen) atoms. The van der Waals surface area contributed by atoms with Gasteiger partial charge in [0.25, 0.3) is 0 Å². The molecule has 0 spiro atoms. The molecule has 0 saturated heterocycles. The van der Waals surface area contributed by atoms with Crippen LogP contribution in [0.1, 0.15) is 26.2 Å². The van der Waals surface area contributed by atoms with Crippen molar-refractivity contribution in [2.45, 2.75) is 26.2 Å². The van der Waals surface area contributed by atoms with Crippen LogP contribution in [0.3, 0.4) is 0 Å². The number of carbonyl (C=O) groups is 2. The molecule has 90 valence electrons. The van der Waals surface area contributed by atoms with Crippen LogP contribution in [0.2, 0.25) is 0 Å². The van der Waals surface area contributed by atoms with Crippen molar-refractivity contribution in [3.05, 3.63) is 23.8 Å². The summed E-state index contributed by atoms with van der Waals surface area (Å²) in [4.78, 5) is 21.9. The number of hydrogen-bond acceptors (Lipinski definition) is 4. The normalized spacial score (nSPS) is 11.6. The van der Waals surface area contributed by atoms with Gasteiger partial charge in [0.2, 0.25) is 0 Å². The molecule has 0 aliphatic rings. The number of methoxy groups -OCH3 is 2. The molecule has 0 aliphatic carbocycles. The number of rotatable bonds is 6. The largest absolute Gasteiger partial charge is 0.469 e. The first-order valence-electron chi connectivity index (χ1n) is 5.11. The maximum Gasteiger partial charge on any atom is 0.333 e. The minimum absolute atomic E-state index is 0.264. The van der Waals surface area contributed by atoms with Gasteiger partial charge in [-0.2, -0.15) is 0 Å². The van der Waals surface area contributed by atoms with Crippen molar-refractivity contribution in [3.63, 3.8) is 0 Å². The minimum Gasteiger partial charge on any atom is -0.469 e. The number of carbonyl (C=O) groups excluding carboxylic acids is 2. The highest BCUT2D eigenvalue weighted by Crippen LogP contribution is 2.07. The predicted octanol–water partition coefficient (Wildman–Crippen LogP) is 2.01. The van der Waals surface area contributed by atoms with E-state index < -0.39 is 0 Å². The van der Waals surface area contributed by atoms with E-state index in [2.05, 4.69) is 9.47 Å². The molecule has 4 heteroatoms. The number of hydrogen-bond donors (Lipinski definition) is 0. The Balaban J connectivity index is 3.88. The molecule has 0 N–H and O–H groups in total. The number of ether oxygens (including phenoxy) is 2. The average Bonchev–Trinajstić information content (AvgIpc) is 2.32. The lowest BCUT2D eigenvalue weighted by Gasteiger charge is -2.01. The van der Waals surface area contributed by atoms with E-state index in [4.69, 9.17) is 0 Å². The molecule has 0 unspecified atom stereocenters. The topological polar surface area (TPSA) is 52.6 Å². The fourth-order valence-electron chi connectivity index (χ4n) is 1.11. The zero-order valence-electron chi connectivity index (χ0n) is 9.99. The van der Waals surface area contributed by atoms with Gasteiger partial charge in [0.05, 0.1) is 20.6 Å². The van der Waals surface area contributed by atoms with Gasteiger partial charge in [0.1, 0.15) is 0 Å². The third-order valence-corrected chi connectivity index (χ3v) is 2.06. The molecule has 0 saturated carbocycles. The Hall–Kier alpha value is -1.58. The van der Waals surface area contributed by atoms with Crippen LogP contribution in [0.15, 0.2) is 23.8 Å². The molecule has 0 amide bonds. The minimum atomic E-state index is -0.302. The zero-order chi connectivity index (χ0) is 12.4. The summed E-state index contributed by atoms with van der Waals surface area (Å²) in [5.41, 5.74) is 0.644. The van der Waals surface area contributed by atoms with E-state index in [9.17, 15) is 9.59 Å². The van der Waals surface area contributed by atoms with Crippen LogP contribution >= 0.6 is 0 Å². The molecule has 0 radical (unpaired) electrons. The van der Waals surface area contributed by atoms with Gasteiger partial charge in [-0.15, -0.1) is 0 Å². The van der Waals surface area contributed by atoms with Crippen LogP contribution in [0.25, 0.3) is 0 Å². The van der Waals surface area contributed by atoms with Gasteiger partial charge >= 0.3 is 11.9 Å². The van der Waals surface area contributed by atoms with Crippen molar-refractivity contribution in [2.24, 2.45) is 0 Å². The first-order chi connectivity index (χ1) is 7.65. The van der Waals surface area contributed by atoms with Crippen molar-refractivity contribution in [2.75, 3.05) is 14.2 Å². The van der Waals surface area contributed by atoms with Crippen LogP contribution in [-0.2, 0) is 19.1 Å². The summed E-state index contributed by atoms with van der Waals surface area (Å²) < 4.78 is 9.09. The lowest BCUT2D eigenvalue weighted by atomic mass is 10.1. The highest BCUT2D eigenvalue weighted by molar-refractivity contribution is 5.88. The summed E-state index contributed by atoms with van der Waals surface area (Å²) >= 11 is 0. The van der Waals surface area contributed by atoms with E-state index >= 15 is 0 Å². The van der Waals surface area contributed by atoms with E-state index in [0.29, 0.717) is 18.4 Å². The molecule has 0 aromatic heterocycles. The van der Waals surface area contributed by atoms with Crippen LogP contribution < -0.4 is 0 Å². The predicted molar refractivity (Wildman–Crippen MR) is 60.8 cm³/mol. The number of esters is 2. The molecular formula is C12H18O4. The Morgan fingerprint density at radius 3 is 2.31 bits per heavy atom. The van der Waals surface area contributed by atoms with Gasteiger partial charge in [-0.25, -0.2) is 4.79 Å². The lowest BCUT2D eigenvalue weighted by Crippen LogP contribution is -2.04. The molecular weight excluding hydrogens is 208 g/mol. The summed E-state index contributed by atoms with van der Waals surface area (Å²) in [5.74, 6) is -0.570. The van der Waals surface area contributed by atoms with Crippen molar-refractivity contribution in [1.82, 2.24) is 0 Å². The maximum absolute atomic E-state index is 11.2. The van der Waals surface area contributed by atoms with Crippen molar-refractivity contribution in [1.29, 1.82) is 0 Å². The third-order valence-electron chi connectivity index (χ3n) is 2.06. The van der Waals surface area contributed by atoms with E-state index in [1.807, 2.05) is 6.08 Å². The van der Waals surface area contributed by atoms with Gasteiger partial charge in [0.15, 0.2) is 0 Å². The average molecular weight is 226 g/mol. The zero-order valence-corrected chi connectivity index (χ0v) is 9.99. The van der Waals surface area contributed by atoms with Gasteiger partial charge < -0.3 is 9.47 Å². The molecule has 0 aromatic rings. The fraction of sp³-hybridized carbons (Fsp3) is 0.500. The van der Waals surface area contributed by atoms with E-state index in [-0.39, 0.29) is 18.4 Å². The second-order valence-electron chi connectivity index (χ2n) is 3.10. The third kappa shape index (κ3) is 6.01. The Kier molecular flexibility index (Phi) is 7.85. The molecule has 4 nitrogen and oxygen atoms in total. The van der Waals surface area contributed by atoms with Crippen LogP contribution in [0, 0.1) is 0 Å². The standard InChI is InChI=1S/C12H18O4/c1-4-10(12(14)16-3)8-6-5-7-9-11(13)15-2/h4-5,7H,6,8-9H2,1-3H3/b7-5+,10-4+. The number of allylic oxidation sites excluding steroid dienone is 2. The summed E-state index contributed by atoms with van der Waals surface area (Å²) in [6.45, 7) is 1.80.